The topological polar surface area (TPSA) is 63.1 Å². The van der Waals surface area contributed by atoms with E-state index in [-0.39, 0.29) is 6.04 Å². The number of fused-ring (bicyclic) bond motifs is 1. The molecule has 9 heteroatoms. The molecule has 2 rings (SSSR count). The maximum atomic E-state index is 12.9. The Hall–Kier alpha value is -0.510. The summed E-state index contributed by atoms with van der Waals surface area (Å²) in [5.74, 6) is -0.412. The van der Waals surface area contributed by atoms with Crippen LogP contribution in [-0.2, 0) is 9.47 Å². The van der Waals surface area contributed by atoms with Gasteiger partial charge in [0.1, 0.15) is 11.5 Å². The molecule has 0 amide bonds. The van der Waals surface area contributed by atoms with Crippen LogP contribution in [0, 0.1) is 5.92 Å². The molecule has 0 saturated carbocycles. The molecule has 2 aliphatic rings. The molecule has 5 nitrogen and oxygen atoms in total. The highest BCUT2D eigenvalue weighted by Gasteiger charge is 2.56. The molecule has 0 aromatic rings. The van der Waals surface area contributed by atoms with Crippen LogP contribution in [0.25, 0.3) is 0 Å². The van der Waals surface area contributed by atoms with Gasteiger partial charge in [-0.2, -0.15) is 13.2 Å². The first-order chi connectivity index (χ1) is 9.29. The van der Waals surface area contributed by atoms with Crippen molar-refractivity contribution < 1.29 is 27.8 Å². The van der Waals surface area contributed by atoms with E-state index < -0.39 is 35.8 Å². The molecule has 2 fully saturated rings. The first kappa shape index (κ1) is 15.9. The second-order valence-corrected chi connectivity index (χ2v) is 5.92. The third-order valence-corrected chi connectivity index (χ3v) is 4.78. The lowest BCUT2D eigenvalue weighted by Gasteiger charge is -2.42. The summed E-state index contributed by atoms with van der Waals surface area (Å²) in [4.78, 5) is 3.96. The summed E-state index contributed by atoms with van der Waals surface area (Å²) in [6.07, 6.45) is -9.45. The summed E-state index contributed by atoms with van der Waals surface area (Å²) >= 11 is 1.23. The Morgan fingerprint density at radius 1 is 1.50 bits per heavy atom. The number of thioether (sulfide) groups is 1. The molecule has 6 atom stereocenters. The maximum absolute atomic E-state index is 12.9. The van der Waals surface area contributed by atoms with Gasteiger partial charge in [-0.25, -0.2) is 0 Å². The van der Waals surface area contributed by atoms with E-state index in [1.54, 1.807) is 14.0 Å². The molecule has 20 heavy (non-hydrogen) atoms. The lowest BCUT2D eigenvalue weighted by Crippen LogP contribution is -2.60. The standard InChI is InChI=1S/C11H17F3N2O3S/c1-4-5-9(20-10(15-2)16-5)19-7(6(4)17)8(18-3)11(12,13)14/h4-9,17H,1-3H3,(H,15,16)/t4-,5-,6+,7+,8-,9-/m1/s1. The van der Waals surface area contributed by atoms with Gasteiger partial charge in [-0.3, -0.25) is 4.99 Å². The van der Waals surface area contributed by atoms with Gasteiger partial charge >= 0.3 is 6.18 Å². The van der Waals surface area contributed by atoms with Crippen LogP contribution in [0.5, 0.6) is 0 Å². The van der Waals surface area contributed by atoms with Crippen LogP contribution in [0.3, 0.4) is 0 Å². The largest absolute Gasteiger partial charge is 0.417 e. The van der Waals surface area contributed by atoms with E-state index >= 15 is 0 Å². The molecule has 0 aromatic heterocycles. The number of ether oxygens (including phenoxy) is 2. The minimum absolute atomic E-state index is 0.268. The molecule has 0 unspecified atom stereocenters. The summed E-state index contributed by atoms with van der Waals surface area (Å²) in [5, 5.41) is 13.8. The Morgan fingerprint density at radius 3 is 2.65 bits per heavy atom. The van der Waals surface area contributed by atoms with Gasteiger partial charge in [0.2, 0.25) is 0 Å². The zero-order valence-electron chi connectivity index (χ0n) is 11.2. The van der Waals surface area contributed by atoms with Crippen LogP contribution in [0.15, 0.2) is 4.99 Å². The summed E-state index contributed by atoms with van der Waals surface area (Å²) in [6.45, 7) is 1.69. The third-order valence-electron chi connectivity index (χ3n) is 3.62. The first-order valence-electron chi connectivity index (χ1n) is 6.12. The highest BCUT2D eigenvalue weighted by Crippen LogP contribution is 2.40. The summed E-state index contributed by atoms with van der Waals surface area (Å²) in [5.41, 5.74) is -0.517. The second kappa shape index (κ2) is 5.70. The maximum Gasteiger partial charge on any atom is 0.417 e. The SMILES string of the molecule is CN=C1N[C@@H]2[C@@H](C)[C@H](O)[C@@H]([C@@H](OC)C(F)(F)F)O[C@@H]2S1. The first-order valence-corrected chi connectivity index (χ1v) is 7.00. The van der Waals surface area contributed by atoms with Crippen molar-refractivity contribution >= 4 is 16.9 Å². The van der Waals surface area contributed by atoms with E-state index in [2.05, 4.69) is 15.0 Å². The highest BCUT2D eigenvalue weighted by molar-refractivity contribution is 8.14. The van der Waals surface area contributed by atoms with Crippen LogP contribution in [0.4, 0.5) is 13.2 Å². The number of amidine groups is 1. The smallest absolute Gasteiger partial charge is 0.390 e. The zero-order chi connectivity index (χ0) is 15.1. The van der Waals surface area contributed by atoms with Crippen molar-refractivity contribution in [2.75, 3.05) is 14.2 Å². The van der Waals surface area contributed by atoms with Crippen molar-refractivity contribution in [3.8, 4) is 0 Å². The number of halogens is 3. The van der Waals surface area contributed by atoms with E-state index in [0.717, 1.165) is 7.11 Å². The van der Waals surface area contributed by atoms with Gasteiger partial charge in [0, 0.05) is 20.1 Å². The number of methoxy groups -OCH3 is 1. The lowest BCUT2D eigenvalue weighted by atomic mass is 9.87. The third kappa shape index (κ3) is 2.76. The highest BCUT2D eigenvalue weighted by atomic mass is 32.2. The number of aliphatic hydroxyl groups is 1. The molecule has 0 aromatic carbocycles. The van der Waals surface area contributed by atoms with Crippen LogP contribution in [0.1, 0.15) is 6.92 Å². The number of nitrogens with one attached hydrogen (secondary N) is 1. The number of alkyl halides is 3. The molecule has 0 bridgehead atoms. The molecular weight excluding hydrogens is 297 g/mol. The predicted molar refractivity (Wildman–Crippen MR) is 68.6 cm³/mol. The van der Waals surface area contributed by atoms with Crippen LogP contribution < -0.4 is 5.32 Å². The fourth-order valence-electron chi connectivity index (χ4n) is 2.49. The Labute approximate surface area is 118 Å². The number of aliphatic hydroxyl groups excluding tert-OH is 1. The van der Waals surface area contributed by atoms with Crippen LogP contribution in [-0.4, -0.2) is 60.4 Å². The quantitative estimate of drug-likeness (QED) is 0.795. The van der Waals surface area contributed by atoms with E-state index in [1.165, 1.54) is 11.8 Å². The molecule has 0 radical (unpaired) electrons. The van der Waals surface area contributed by atoms with Gasteiger partial charge in [-0.1, -0.05) is 18.7 Å². The monoisotopic (exact) mass is 314 g/mol. The fourth-order valence-corrected chi connectivity index (χ4v) is 3.66. The average Bonchev–Trinajstić information content (AvgIpc) is 2.77. The molecule has 0 spiro atoms. The van der Waals surface area contributed by atoms with Crippen LogP contribution in [0.2, 0.25) is 0 Å². The number of hydrogen-bond acceptors (Lipinski definition) is 5. The van der Waals surface area contributed by atoms with Crippen molar-refractivity contribution in [3.05, 3.63) is 0 Å². The normalized spacial score (nSPS) is 41.4. The van der Waals surface area contributed by atoms with Gasteiger partial charge in [-0.05, 0) is 0 Å². The molecule has 2 saturated heterocycles. The molecule has 2 heterocycles. The molecule has 0 aliphatic carbocycles. The van der Waals surface area contributed by atoms with Crippen molar-refractivity contribution in [2.45, 2.75) is 42.9 Å². The number of rotatable bonds is 2. The minimum Gasteiger partial charge on any atom is -0.390 e. The molecule has 2 aliphatic heterocycles. The van der Waals surface area contributed by atoms with Crippen molar-refractivity contribution in [2.24, 2.45) is 10.9 Å². The Morgan fingerprint density at radius 2 is 2.15 bits per heavy atom. The predicted octanol–water partition coefficient (Wildman–Crippen LogP) is 0.976. The van der Waals surface area contributed by atoms with Crippen LogP contribution >= 0.6 is 11.8 Å². The summed E-state index contributed by atoms with van der Waals surface area (Å²) in [6, 6.07) is -0.268. The van der Waals surface area contributed by atoms with E-state index in [9.17, 15) is 18.3 Å². The van der Waals surface area contributed by atoms with E-state index in [4.69, 9.17) is 4.74 Å². The Bertz CT molecular complexity index is 394. The second-order valence-electron chi connectivity index (χ2n) is 4.83. The van der Waals surface area contributed by atoms with Gasteiger partial charge in [0.15, 0.2) is 11.3 Å². The van der Waals surface area contributed by atoms with Crippen molar-refractivity contribution in [3.63, 3.8) is 0 Å². The Balaban J connectivity index is 2.21. The summed E-state index contributed by atoms with van der Waals surface area (Å²) < 4.78 is 48.7. The van der Waals surface area contributed by atoms with E-state index in [1.807, 2.05) is 0 Å². The molecule has 2 N–H and O–H groups in total. The lowest BCUT2D eigenvalue weighted by molar-refractivity contribution is -0.273. The fraction of sp³-hybridized carbons (Fsp3) is 0.909. The minimum atomic E-state index is -4.59. The van der Waals surface area contributed by atoms with Crippen molar-refractivity contribution in [1.29, 1.82) is 0 Å². The van der Waals surface area contributed by atoms with Gasteiger partial charge in [0.05, 0.1) is 12.1 Å². The van der Waals surface area contributed by atoms with Gasteiger partial charge in [-0.15, -0.1) is 0 Å². The Kier molecular flexibility index (Phi) is 4.53. The molecule has 116 valence electrons. The van der Waals surface area contributed by atoms with Gasteiger partial charge in [0.25, 0.3) is 0 Å². The molecular formula is C11H17F3N2O3S. The number of nitrogens with zero attached hydrogens (tertiary/aromatic N) is 1. The summed E-state index contributed by atoms with van der Waals surface area (Å²) in [7, 11) is 2.54. The average molecular weight is 314 g/mol. The number of aliphatic imine (C=N–C) groups is 1. The van der Waals surface area contributed by atoms with Gasteiger partial charge < -0.3 is 19.9 Å². The van der Waals surface area contributed by atoms with E-state index in [0.29, 0.717) is 5.17 Å². The zero-order valence-corrected chi connectivity index (χ0v) is 12.0. The van der Waals surface area contributed by atoms with Crippen molar-refractivity contribution in [1.82, 2.24) is 5.32 Å². The number of hydrogen-bond donors (Lipinski definition) is 2.